The smallest absolute Gasteiger partial charge is 0.326 e. The molecule has 4 bridgehead atoms. The number of fused-ring (bicyclic) bond motifs is 13. The van der Waals surface area contributed by atoms with Crippen molar-refractivity contribution in [2.24, 2.45) is 5.73 Å². The molecule has 1 aromatic heterocycles. The Hall–Kier alpha value is -13.9. The van der Waals surface area contributed by atoms with Gasteiger partial charge in [0.15, 0.2) is 0 Å². The predicted octanol–water partition coefficient (Wildman–Crippen LogP) is -4.03. The summed E-state index contributed by atoms with van der Waals surface area (Å²) in [5.41, 5.74) is 7.58. The van der Waals surface area contributed by atoms with Gasteiger partial charge in [0.05, 0.1) is 19.4 Å². The standard InChI is InChI=1S/C83H103N17O25S/c1-42-70(99-78(117)59(37-65(84)105)89-67(107)40-87-71(110)57(88-43(2)101)33-44-13-19-48(102)20-14-44)81(120)93-56(29-32-126-3)75(114)90-53-11-6-7-30-85-66(106)27-25-54(74(113)97-62(83(122)123)35-46-17-23-50(104)24-18-46)91-73(112)55-26-28-68(108)124-41-63(98-80(119)64-12-8-31-100(64)82(121)61(96-72(53)111)34-45-15-21-49(103)22-16-45)79(118)95-60(38-69(109)125-42)77(116)94-58(76(115)92-55)36-47-39-86-52-10-5-4-9-51(47)52/h4-5,9-10,13-24,39,42,53-64,70,86,102-104H,6-8,11-12,25-38,40-41H2,1-3H3,(H2,84,105)(H,85,106)(H,87,110)(H,88,101)(H,89,107)(H,90,114)(H,91,112)(H,92,115)(H,93,120)(H,94,116)(H,95,118)(H,96,111)(H,97,113)(H,98,119)(H,99,117)(H,122,123)/t42-,53+,54?,55+,56+,57+,58+,59+,60+,61-,62+,63+,64+,70-/m1/s1. The molecule has 126 heavy (non-hydrogen) atoms. The summed E-state index contributed by atoms with van der Waals surface area (Å²) in [5, 5.41) is 75.8. The van der Waals surface area contributed by atoms with Gasteiger partial charge in [-0.2, -0.15) is 11.8 Å². The number of primary amides is 1. The van der Waals surface area contributed by atoms with Crippen molar-refractivity contribution < 1.29 is 121 Å². The van der Waals surface area contributed by atoms with Crippen LogP contribution >= 0.6 is 11.8 Å². The van der Waals surface area contributed by atoms with Gasteiger partial charge in [-0.1, -0.05) is 54.6 Å². The number of amides is 16. The molecule has 4 saturated heterocycles. The second kappa shape index (κ2) is 46.0. The van der Waals surface area contributed by atoms with Crippen molar-refractivity contribution in [2.45, 2.75) is 201 Å². The number of aromatic hydroxyl groups is 3. The van der Waals surface area contributed by atoms with E-state index in [1.165, 1.54) is 90.8 Å². The fourth-order valence-corrected chi connectivity index (χ4v) is 15.0. The van der Waals surface area contributed by atoms with Crippen molar-refractivity contribution >= 4 is 135 Å². The normalized spacial score (nSPS) is 23.4. The summed E-state index contributed by atoms with van der Waals surface area (Å²) < 4.78 is 11.5. The number of para-hydroxylation sites is 1. The Balaban J connectivity index is 1.17. The summed E-state index contributed by atoms with van der Waals surface area (Å²) >= 11 is 1.17. The van der Waals surface area contributed by atoms with E-state index < -0.39 is 255 Å². The number of aliphatic carboxylic acids is 1. The highest BCUT2D eigenvalue weighted by Gasteiger charge is 2.44. The van der Waals surface area contributed by atoms with E-state index in [0.29, 0.717) is 33.2 Å². The molecule has 14 atom stereocenters. The van der Waals surface area contributed by atoms with Crippen LogP contribution in [0.4, 0.5) is 0 Å². The Morgan fingerprint density at radius 3 is 1.81 bits per heavy atom. The minimum atomic E-state index is -2.31. The Morgan fingerprint density at radius 2 is 1.16 bits per heavy atom. The highest BCUT2D eigenvalue weighted by molar-refractivity contribution is 7.98. The van der Waals surface area contributed by atoms with E-state index in [2.05, 4.69) is 79.4 Å². The van der Waals surface area contributed by atoms with Gasteiger partial charge in [0.1, 0.15) is 109 Å². The Morgan fingerprint density at radius 1 is 0.571 bits per heavy atom. The lowest BCUT2D eigenvalue weighted by atomic mass is 10.0. The fraction of sp³-hybridized carbons (Fsp3) is 0.458. The topological polar surface area (TPSA) is 637 Å². The number of H-pyrrole nitrogens is 1. The lowest BCUT2D eigenvalue weighted by Gasteiger charge is -2.31. The minimum Gasteiger partial charge on any atom is -0.508 e. The third-order valence-electron chi connectivity index (χ3n) is 21.2. The number of benzene rings is 4. The first-order valence-electron chi connectivity index (χ1n) is 40.8. The molecule has 676 valence electrons. The van der Waals surface area contributed by atoms with E-state index in [4.69, 9.17) is 15.2 Å². The minimum absolute atomic E-state index is 0.00697. The van der Waals surface area contributed by atoms with Crippen molar-refractivity contribution in [3.05, 3.63) is 126 Å². The zero-order valence-electron chi connectivity index (χ0n) is 69.0. The van der Waals surface area contributed by atoms with Crippen LogP contribution in [0.2, 0.25) is 0 Å². The Bertz CT molecular complexity index is 4860. The van der Waals surface area contributed by atoms with Crippen molar-refractivity contribution in [3.8, 4) is 17.2 Å². The number of carbonyl (C=O) groups excluding carboxylic acids is 18. The van der Waals surface area contributed by atoms with Crippen LogP contribution in [-0.2, 0) is 126 Å². The number of hydrogen-bond donors (Lipinski definition) is 20. The lowest BCUT2D eigenvalue weighted by Crippen LogP contribution is -2.62. The van der Waals surface area contributed by atoms with E-state index in [0.717, 1.165) is 18.7 Å². The van der Waals surface area contributed by atoms with Crippen molar-refractivity contribution in [3.63, 3.8) is 0 Å². The second-order valence-electron chi connectivity index (χ2n) is 30.8. The molecule has 0 spiro atoms. The van der Waals surface area contributed by atoms with Crippen molar-refractivity contribution in [2.75, 3.05) is 38.2 Å². The van der Waals surface area contributed by atoms with Crippen LogP contribution in [0.25, 0.3) is 10.9 Å². The molecule has 21 N–H and O–H groups in total. The molecule has 42 nitrogen and oxygen atoms in total. The van der Waals surface area contributed by atoms with Crippen LogP contribution in [0.3, 0.4) is 0 Å². The number of rotatable bonds is 23. The number of carboxylic acids is 1. The molecule has 43 heteroatoms. The number of aromatic amines is 1. The first-order chi connectivity index (χ1) is 60.1. The molecule has 9 rings (SSSR count). The molecule has 0 radical (unpaired) electrons. The maximum atomic E-state index is 15.6. The molecule has 5 heterocycles. The van der Waals surface area contributed by atoms with Gasteiger partial charge >= 0.3 is 17.9 Å². The number of phenolic OH excluding ortho intramolecular Hbond substituents is 3. The first kappa shape index (κ1) is 95.9. The summed E-state index contributed by atoms with van der Waals surface area (Å²) in [7, 11) is 0. The maximum Gasteiger partial charge on any atom is 0.326 e. The van der Waals surface area contributed by atoms with E-state index in [1.54, 1.807) is 30.5 Å². The third kappa shape index (κ3) is 28.6. The van der Waals surface area contributed by atoms with Crippen molar-refractivity contribution in [1.29, 1.82) is 0 Å². The van der Waals surface area contributed by atoms with Crippen LogP contribution in [0.5, 0.6) is 17.2 Å². The summed E-state index contributed by atoms with van der Waals surface area (Å²) in [4.78, 5) is 281. The Kier molecular flexibility index (Phi) is 35.0. The zero-order valence-corrected chi connectivity index (χ0v) is 69.9. The van der Waals surface area contributed by atoms with E-state index in [9.17, 15) is 63.6 Å². The number of aromatic nitrogens is 1. The highest BCUT2D eigenvalue weighted by atomic mass is 32.2. The average Bonchev–Trinajstić information content (AvgIpc) is 1.67. The molecule has 4 fully saturated rings. The number of cyclic esters (lactones) is 1. The van der Waals surface area contributed by atoms with Crippen LogP contribution in [0.1, 0.15) is 113 Å². The molecule has 0 saturated carbocycles. The molecule has 0 aliphatic carbocycles. The molecule has 16 amide bonds. The molecule has 1 unspecified atom stereocenters. The monoisotopic (exact) mass is 1770 g/mol. The highest BCUT2D eigenvalue weighted by Crippen LogP contribution is 2.25. The SMILES string of the molecule is CSCC[C@@H]1NC(=O)[C@H](NC(=O)[C@H](CC(N)=O)NC(=O)CNC(=O)[C@H](Cc2ccc(O)cc2)NC(C)=O)[C@@H](C)OC(=O)C[C@@H]2NC(=O)[C@@H]3COC(=O)CC[C@H](NC(=O)[C@H](Cc4c[nH]c5ccccc45)NC2=O)C(=O)NC(C(=O)N[C@@H](Cc2ccc(O)cc2)C(=O)O)CCC(=O)NCCCC[C@H](NC1=O)C(=O)N[C@H](Cc1ccc(O)cc1)C(=O)N1CCC[C@H]1C(=O)N3. The molecule has 4 aliphatic rings. The van der Waals surface area contributed by atoms with Gasteiger partial charge in [0.25, 0.3) is 0 Å². The lowest BCUT2D eigenvalue weighted by molar-refractivity contribution is -0.154. The molecule has 4 aromatic carbocycles. The number of phenols is 3. The summed E-state index contributed by atoms with van der Waals surface area (Å²) in [5.74, 6) is -22.9. The van der Waals surface area contributed by atoms with Gasteiger partial charge in [-0.3, -0.25) is 86.3 Å². The predicted molar refractivity (Wildman–Crippen MR) is 445 cm³/mol. The van der Waals surface area contributed by atoms with E-state index in [-0.39, 0.29) is 93.9 Å². The number of esters is 2. The van der Waals surface area contributed by atoms with Crippen molar-refractivity contribution in [1.82, 2.24) is 84.3 Å². The summed E-state index contributed by atoms with van der Waals surface area (Å²) in [6.07, 6.45) is -6.15. The third-order valence-corrected chi connectivity index (χ3v) is 21.8. The number of nitrogens with one attached hydrogen (secondary N) is 15. The molecular formula is C83H103N17O25S. The van der Waals surface area contributed by atoms with E-state index in [1.807, 2.05) is 0 Å². The largest absolute Gasteiger partial charge is 0.508 e. The number of carboxylic acid groups (broad SMARTS) is 1. The second-order valence-corrected chi connectivity index (χ2v) is 31.8. The number of nitrogens with zero attached hydrogens (tertiary/aromatic N) is 1. The quantitative estimate of drug-likeness (QED) is 0.0277. The Labute approximate surface area is 725 Å². The number of thioether (sulfide) groups is 1. The van der Waals surface area contributed by atoms with Gasteiger partial charge in [-0.05, 0) is 135 Å². The van der Waals surface area contributed by atoms with Crippen LogP contribution in [0, 0.1) is 0 Å². The van der Waals surface area contributed by atoms with Gasteiger partial charge in [0.2, 0.25) is 94.5 Å². The number of hydrogen-bond acceptors (Lipinski definition) is 25. The molecule has 4 aliphatic heterocycles. The number of ether oxygens (including phenoxy) is 2. The fourth-order valence-electron chi connectivity index (χ4n) is 14.5. The number of carbonyl (C=O) groups is 19. The van der Waals surface area contributed by atoms with Gasteiger partial charge < -0.3 is 120 Å². The zero-order chi connectivity index (χ0) is 91.4. The number of nitrogens with two attached hydrogens (primary N) is 1. The van der Waals surface area contributed by atoms with Gasteiger partial charge in [0, 0.05) is 75.6 Å². The van der Waals surface area contributed by atoms with Gasteiger partial charge in [-0.25, -0.2) is 4.79 Å². The van der Waals surface area contributed by atoms with Gasteiger partial charge in [-0.15, -0.1) is 0 Å². The van der Waals surface area contributed by atoms with Crippen LogP contribution < -0.4 is 80.2 Å². The maximum absolute atomic E-state index is 15.6. The molecular weight excluding hydrogens is 1670 g/mol. The van der Waals surface area contributed by atoms with E-state index >= 15 is 47.9 Å². The summed E-state index contributed by atoms with van der Waals surface area (Å²) in [6.45, 7) is -0.305. The summed E-state index contributed by atoms with van der Waals surface area (Å²) in [6, 6.07) is -1.08. The average molecular weight is 1770 g/mol. The van der Waals surface area contributed by atoms with Crippen LogP contribution in [-0.4, -0.2) is 266 Å². The molecule has 5 aromatic rings. The first-order valence-corrected chi connectivity index (χ1v) is 42.2. The van der Waals surface area contributed by atoms with Crippen LogP contribution in [0.15, 0.2) is 103 Å².